The first-order chi connectivity index (χ1) is 16.2. The van der Waals surface area contributed by atoms with Crippen molar-refractivity contribution >= 4 is 11.8 Å². The third-order valence-corrected chi connectivity index (χ3v) is 5.77. The summed E-state index contributed by atoms with van der Waals surface area (Å²) in [5, 5.41) is 4.37. The number of alkyl halides is 3. The summed E-state index contributed by atoms with van der Waals surface area (Å²) in [6.45, 7) is 4.63. The average molecular weight is 471 g/mol. The number of benzene rings is 1. The van der Waals surface area contributed by atoms with Gasteiger partial charge < -0.3 is 9.80 Å². The fourth-order valence-corrected chi connectivity index (χ4v) is 4.11. The highest BCUT2D eigenvalue weighted by Gasteiger charge is 2.37. The molecule has 7 nitrogen and oxygen atoms in total. The summed E-state index contributed by atoms with van der Waals surface area (Å²) in [5.41, 5.74) is -0.167. The number of halogens is 3. The van der Waals surface area contributed by atoms with E-state index in [4.69, 9.17) is 0 Å². The van der Waals surface area contributed by atoms with Crippen LogP contribution < -0.4 is 0 Å². The Morgan fingerprint density at radius 3 is 2.03 bits per heavy atom. The predicted octanol–water partition coefficient (Wildman–Crippen LogP) is 4.01. The molecule has 0 radical (unpaired) electrons. The van der Waals surface area contributed by atoms with Gasteiger partial charge in [-0.1, -0.05) is 32.0 Å². The third-order valence-electron chi connectivity index (χ3n) is 5.77. The topological polar surface area (TPSA) is 71.3 Å². The summed E-state index contributed by atoms with van der Waals surface area (Å²) in [7, 11) is 0. The minimum absolute atomic E-state index is 0.00908. The van der Waals surface area contributed by atoms with Crippen molar-refractivity contribution in [2.45, 2.75) is 25.9 Å². The van der Waals surface area contributed by atoms with Crippen LogP contribution in [0.3, 0.4) is 0 Å². The Kier molecular flexibility index (Phi) is 6.41. The Morgan fingerprint density at radius 2 is 1.47 bits per heavy atom. The van der Waals surface area contributed by atoms with Crippen LogP contribution in [0.15, 0.2) is 54.9 Å². The number of nitrogens with zero attached hydrogens (tertiary/aromatic N) is 5. The van der Waals surface area contributed by atoms with Crippen molar-refractivity contribution < 1.29 is 22.8 Å². The van der Waals surface area contributed by atoms with Crippen LogP contribution in [0, 0.1) is 0 Å². The number of pyridine rings is 1. The lowest BCUT2D eigenvalue weighted by atomic mass is 10.0. The van der Waals surface area contributed by atoms with Gasteiger partial charge in [0.05, 0.1) is 28.6 Å². The number of carbonyl (C=O) groups is 2. The van der Waals surface area contributed by atoms with Gasteiger partial charge >= 0.3 is 6.18 Å². The van der Waals surface area contributed by atoms with E-state index in [0.29, 0.717) is 11.4 Å². The molecule has 0 unspecified atom stereocenters. The predicted molar refractivity (Wildman–Crippen MR) is 119 cm³/mol. The molecule has 3 heterocycles. The maximum atomic E-state index is 13.3. The molecule has 178 valence electrons. The molecule has 0 spiro atoms. The van der Waals surface area contributed by atoms with Crippen molar-refractivity contribution in [2.75, 3.05) is 26.2 Å². The number of rotatable bonds is 4. The van der Waals surface area contributed by atoms with Crippen LogP contribution in [-0.2, 0) is 6.18 Å². The molecule has 34 heavy (non-hydrogen) atoms. The molecule has 1 aromatic carbocycles. The van der Waals surface area contributed by atoms with E-state index in [1.54, 1.807) is 27.9 Å². The molecule has 1 aliphatic heterocycles. The number of amides is 2. The molecule has 0 N–H and O–H groups in total. The normalized spacial score (nSPS) is 14.5. The Balaban J connectivity index is 1.50. The standard InChI is InChI=1S/C24H24F3N5O2/c1-16(2)21-18(15-29-32(21)20-9-5-6-10-28-20)23(34)31-13-11-30(12-14-31)22(33)17-7-3-4-8-19(17)24(25,26)27/h3-10,15-16H,11-14H2,1-2H3. The largest absolute Gasteiger partial charge is 0.417 e. The SMILES string of the molecule is CC(C)c1c(C(=O)N2CCN(C(=O)c3ccccc3C(F)(F)F)CC2)cnn1-c1ccccn1. The van der Waals surface area contributed by atoms with Gasteiger partial charge in [-0.05, 0) is 30.2 Å². The molecule has 2 aromatic heterocycles. The molecule has 0 aliphatic carbocycles. The van der Waals surface area contributed by atoms with Crippen LogP contribution >= 0.6 is 0 Å². The highest BCUT2D eigenvalue weighted by atomic mass is 19.4. The maximum absolute atomic E-state index is 13.3. The molecule has 1 aliphatic rings. The van der Waals surface area contributed by atoms with Gasteiger partial charge in [-0.15, -0.1) is 0 Å². The van der Waals surface area contributed by atoms with E-state index in [9.17, 15) is 22.8 Å². The molecule has 0 saturated carbocycles. The average Bonchev–Trinajstić information content (AvgIpc) is 3.29. The Labute approximate surface area is 194 Å². The van der Waals surface area contributed by atoms with Gasteiger partial charge in [0.2, 0.25) is 0 Å². The van der Waals surface area contributed by atoms with E-state index in [1.807, 2.05) is 19.9 Å². The van der Waals surface area contributed by atoms with Gasteiger partial charge in [0.1, 0.15) is 0 Å². The number of aromatic nitrogens is 3. The Morgan fingerprint density at radius 1 is 0.882 bits per heavy atom. The highest BCUT2D eigenvalue weighted by Crippen LogP contribution is 2.32. The minimum atomic E-state index is -4.62. The van der Waals surface area contributed by atoms with Crippen LogP contribution in [0.25, 0.3) is 5.82 Å². The fraction of sp³-hybridized carbons (Fsp3) is 0.333. The molecule has 10 heteroatoms. The smallest absolute Gasteiger partial charge is 0.335 e. The number of hydrogen-bond acceptors (Lipinski definition) is 4. The molecule has 2 amide bonds. The second-order valence-electron chi connectivity index (χ2n) is 8.33. The summed E-state index contributed by atoms with van der Waals surface area (Å²) in [6.07, 6.45) is -1.45. The molecule has 0 atom stereocenters. The second-order valence-corrected chi connectivity index (χ2v) is 8.33. The van der Waals surface area contributed by atoms with E-state index < -0.39 is 17.6 Å². The first-order valence-corrected chi connectivity index (χ1v) is 10.9. The lowest BCUT2D eigenvalue weighted by Gasteiger charge is -2.35. The van der Waals surface area contributed by atoms with Crippen molar-refractivity contribution in [1.82, 2.24) is 24.6 Å². The highest BCUT2D eigenvalue weighted by molar-refractivity contribution is 5.97. The first kappa shape index (κ1) is 23.5. The summed E-state index contributed by atoms with van der Waals surface area (Å²) < 4.78 is 41.6. The molecular formula is C24H24F3N5O2. The summed E-state index contributed by atoms with van der Waals surface area (Å²) in [5.74, 6) is -0.325. The van der Waals surface area contributed by atoms with Gasteiger partial charge in [-0.2, -0.15) is 18.3 Å². The first-order valence-electron chi connectivity index (χ1n) is 10.9. The van der Waals surface area contributed by atoms with Crippen LogP contribution in [0.1, 0.15) is 51.7 Å². The number of hydrogen-bond donors (Lipinski definition) is 0. The second kappa shape index (κ2) is 9.28. The number of carbonyl (C=O) groups excluding carboxylic acids is 2. The molecule has 3 aromatic rings. The lowest BCUT2D eigenvalue weighted by molar-refractivity contribution is -0.138. The van der Waals surface area contributed by atoms with Crippen LogP contribution in [-0.4, -0.2) is 62.6 Å². The van der Waals surface area contributed by atoms with Crippen molar-refractivity contribution in [3.63, 3.8) is 0 Å². The quantitative estimate of drug-likeness (QED) is 0.577. The zero-order valence-electron chi connectivity index (χ0n) is 18.8. The van der Waals surface area contributed by atoms with Crippen molar-refractivity contribution in [1.29, 1.82) is 0 Å². The van der Waals surface area contributed by atoms with E-state index in [-0.39, 0.29) is 43.6 Å². The Hall–Kier alpha value is -3.69. The molecule has 0 bridgehead atoms. The van der Waals surface area contributed by atoms with Gasteiger partial charge in [-0.3, -0.25) is 9.59 Å². The van der Waals surface area contributed by atoms with Crippen molar-refractivity contribution in [2.24, 2.45) is 0 Å². The van der Waals surface area contributed by atoms with Gasteiger partial charge in [0.25, 0.3) is 11.8 Å². The summed E-state index contributed by atoms with van der Waals surface area (Å²) in [4.78, 5) is 33.4. The molecule has 4 rings (SSSR count). The molecular weight excluding hydrogens is 447 g/mol. The minimum Gasteiger partial charge on any atom is -0.335 e. The maximum Gasteiger partial charge on any atom is 0.417 e. The van der Waals surface area contributed by atoms with E-state index in [1.165, 1.54) is 29.3 Å². The van der Waals surface area contributed by atoms with Crippen molar-refractivity contribution in [3.05, 3.63) is 77.2 Å². The number of piperazine rings is 1. The lowest BCUT2D eigenvalue weighted by Crippen LogP contribution is -2.51. The third kappa shape index (κ3) is 4.52. The fourth-order valence-electron chi connectivity index (χ4n) is 4.11. The zero-order chi connectivity index (χ0) is 24.5. The summed E-state index contributed by atoms with van der Waals surface area (Å²) in [6, 6.07) is 10.2. The van der Waals surface area contributed by atoms with E-state index in [2.05, 4.69) is 10.1 Å². The van der Waals surface area contributed by atoms with Crippen molar-refractivity contribution in [3.8, 4) is 5.82 Å². The van der Waals surface area contributed by atoms with Crippen LogP contribution in [0.4, 0.5) is 13.2 Å². The van der Waals surface area contributed by atoms with E-state index in [0.717, 1.165) is 11.8 Å². The van der Waals surface area contributed by atoms with Gasteiger partial charge in [0.15, 0.2) is 5.82 Å². The Bertz CT molecular complexity index is 1180. The monoisotopic (exact) mass is 471 g/mol. The van der Waals surface area contributed by atoms with E-state index >= 15 is 0 Å². The zero-order valence-corrected chi connectivity index (χ0v) is 18.8. The molecule has 1 fully saturated rings. The molecule has 1 saturated heterocycles. The van der Waals surface area contributed by atoms with Gasteiger partial charge in [0, 0.05) is 32.4 Å². The van der Waals surface area contributed by atoms with Crippen LogP contribution in [0.5, 0.6) is 0 Å². The van der Waals surface area contributed by atoms with Crippen LogP contribution in [0.2, 0.25) is 0 Å². The van der Waals surface area contributed by atoms with Gasteiger partial charge in [-0.25, -0.2) is 9.67 Å². The summed E-state index contributed by atoms with van der Waals surface area (Å²) >= 11 is 0.